The molecule has 0 aromatic carbocycles. The minimum Gasteiger partial charge on any atom is -0.303 e. The Morgan fingerprint density at radius 2 is 1.93 bits per heavy atom. The van der Waals surface area contributed by atoms with E-state index in [9.17, 15) is 0 Å². The lowest BCUT2D eigenvalue weighted by atomic mass is 9.71. The van der Waals surface area contributed by atoms with Crippen LogP contribution in [0.5, 0.6) is 0 Å². The highest BCUT2D eigenvalue weighted by atomic mass is 15.1. The summed E-state index contributed by atoms with van der Waals surface area (Å²) in [6.45, 7) is 8.85. The molecule has 0 N–H and O–H groups in total. The predicted octanol–water partition coefficient (Wildman–Crippen LogP) is 3.30. The van der Waals surface area contributed by atoms with Crippen molar-refractivity contribution in [3.8, 4) is 0 Å². The fourth-order valence-electron chi connectivity index (χ4n) is 3.59. The van der Waals surface area contributed by atoms with Crippen LogP contribution < -0.4 is 0 Å². The lowest BCUT2D eigenvalue weighted by molar-refractivity contribution is 0.0751. The minimum absolute atomic E-state index is 0.768. The molecule has 1 aliphatic heterocycles. The SMILES string of the molecule is CCCN1CCC2(CCCC2C)CC1. The summed E-state index contributed by atoms with van der Waals surface area (Å²) in [4.78, 5) is 2.66. The van der Waals surface area contributed by atoms with Gasteiger partial charge in [-0.3, -0.25) is 0 Å². The van der Waals surface area contributed by atoms with Crippen molar-refractivity contribution in [3.63, 3.8) is 0 Å². The molecule has 2 aliphatic rings. The third-order valence-corrected chi connectivity index (χ3v) is 4.75. The maximum absolute atomic E-state index is 2.66. The fraction of sp³-hybridized carbons (Fsp3) is 1.00. The Balaban J connectivity index is 1.88. The average molecular weight is 195 g/mol. The number of piperidine rings is 1. The van der Waals surface area contributed by atoms with Crippen molar-refractivity contribution in [1.29, 1.82) is 0 Å². The third kappa shape index (κ3) is 1.84. The Hall–Kier alpha value is -0.0400. The molecule has 1 unspecified atom stereocenters. The van der Waals surface area contributed by atoms with Gasteiger partial charge in [0.25, 0.3) is 0 Å². The first-order valence-corrected chi connectivity index (χ1v) is 6.49. The molecule has 0 aromatic heterocycles. The van der Waals surface area contributed by atoms with Crippen LogP contribution in [0.1, 0.15) is 52.4 Å². The molecule has 0 radical (unpaired) electrons. The van der Waals surface area contributed by atoms with Crippen LogP contribution >= 0.6 is 0 Å². The highest BCUT2D eigenvalue weighted by molar-refractivity contribution is 4.93. The van der Waals surface area contributed by atoms with E-state index in [0.29, 0.717) is 0 Å². The van der Waals surface area contributed by atoms with Gasteiger partial charge in [-0.15, -0.1) is 0 Å². The van der Waals surface area contributed by atoms with Crippen LogP contribution in [-0.4, -0.2) is 24.5 Å². The minimum atomic E-state index is 0.768. The van der Waals surface area contributed by atoms with Gasteiger partial charge in [0, 0.05) is 0 Å². The zero-order chi connectivity index (χ0) is 10.0. The maximum Gasteiger partial charge on any atom is -0.00133 e. The second kappa shape index (κ2) is 4.22. The molecular formula is C13H25N. The van der Waals surface area contributed by atoms with E-state index in [0.717, 1.165) is 11.3 Å². The molecule has 1 nitrogen and oxygen atoms in total. The van der Waals surface area contributed by atoms with Gasteiger partial charge in [-0.1, -0.05) is 26.7 Å². The van der Waals surface area contributed by atoms with E-state index in [1.54, 1.807) is 0 Å². The number of rotatable bonds is 2. The summed E-state index contributed by atoms with van der Waals surface area (Å²) in [5, 5.41) is 0. The lowest BCUT2D eigenvalue weighted by Crippen LogP contribution is -2.41. The second-order valence-corrected chi connectivity index (χ2v) is 5.50. The molecule has 0 amide bonds. The van der Waals surface area contributed by atoms with Gasteiger partial charge in [0.15, 0.2) is 0 Å². The Morgan fingerprint density at radius 3 is 2.43 bits per heavy atom. The van der Waals surface area contributed by atoms with Crippen molar-refractivity contribution >= 4 is 0 Å². The molecule has 0 aromatic rings. The molecule has 2 rings (SSSR count). The molecule has 1 atom stereocenters. The van der Waals surface area contributed by atoms with Gasteiger partial charge in [0.2, 0.25) is 0 Å². The Bertz CT molecular complexity index is 180. The molecule has 1 heteroatoms. The first-order chi connectivity index (χ1) is 6.77. The fourth-order valence-corrected chi connectivity index (χ4v) is 3.59. The normalized spacial score (nSPS) is 32.6. The number of hydrogen-bond acceptors (Lipinski definition) is 1. The van der Waals surface area contributed by atoms with Crippen molar-refractivity contribution in [2.45, 2.75) is 52.4 Å². The Kier molecular flexibility index (Phi) is 3.16. The topological polar surface area (TPSA) is 3.24 Å². The van der Waals surface area contributed by atoms with E-state index in [2.05, 4.69) is 18.7 Å². The first kappa shape index (κ1) is 10.5. The van der Waals surface area contributed by atoms with Crippen molar-refractivity contribution in [2.24, 2.45) is 11.3 Å². The number of nitrogens with zero attached hydrogens (tertiary/aromatic N) is 1. The molecule has 1 aliphatic carbocycles. The third-order valence-electron chi connectivity index (χ3n) is 4.75. The number of likely N-dealkylation sites (tertiary alicyclic amines) is 1. The first-order valence-electron chi connectivity index (χ1n) is 6.49. The van der Waals surface area contributed by atoms with Gasteiger partial charge in [-0.2, -0.15) is 0 Å². The van der Waals surface area contributed by atoms with Crippen molar-refractivity contribution < 1.29 is 0 Å². The van der Waals surface area contributed by atoms with Crippen LogP contribution in [0.2, 0.25) is 0 Å². The molecule has 1 saturated carbocycles. The Labute approximate surface area is 88.9 Å². The predicted molar refractivity (Wildman–Crippen MR) is 61.4 cm³/mol. The smallest absolute Gasteiger partial charge is 0.00133 e. The summed E-state index contributed by atoms with van der Waals surface area (Å²) in [5.74, 6) is 1.01. The van der Waals surface area contributed by atoms with Gasteiger partial charge in [-0.25, -0.2) is 0 Å². The summed E-state index contributed by atoms with van der Waals surface area (Å²) >= 11 is 0. The molecule has 1 spiro atoms. The van der Waals surface area contributed by atoms with E-state index in [1.807, 2.05) is 0 Å². The lowest BCUT2D eigenvalue weighted by Gasteiger charge is -2.42. The number of hydrogen-bond donors (Lipinski definition) is 0. The standard InChI is InChI=1S/C13H25N/c1-3-9-14-10-7-13(8-11-14)6-4-5-12(13)2/h12H,3-11H2,1-2H3. The van der Waals surface area contributed by atoms with E-state index >= 15 is 0 Å². The van der Waals surface area contributed by atoms with Gasteiger partial charge in [0.05, 0.1) is 0 Å². The molecule has 2 fully saturated rings. The van der Waals surface area contributed by atoms with Gasteiger partial charge in [-0.05, 0) is 56.7 Å². The molecule has 82 valence electrons. The van der Waals surface area contributed by atoms with Crippen LogP contribution in [0.3, 0.4) is 0 Å². The average Bonchev–Trinajstić information content (AvgIpc) is 2.53. The quantitative estimate of drug-likeness (QED) is 0.653. The van der Waals surface area contributed by atoms with E-state index in [1.165, 1.54) is 58.2 Å². The molecule has 1 saturated heterocycles. The molecule has 14 heavy (non-hydrogen) atoms. The molecular weight excluding hydrogens is 170 g/mol. The van der Waals surface area contributed by atoms with E-state index < -0.39 is 0 Å². The monoisotopic (exact) mass is 195 g/mol. The van der Waals surface area contributed by atoms with Crippen LogP contribution in [0.15, 0.2) is 0 Å². The zero-order valence-electron chi connectivity index (χ0n) is 9.89. The van der Waals surface area contributed by atoms with E-state index in [4.69, 9.17) is 0 Å². The maximum atomic E-state index is 2.66. The van der Waals surface area contributed by atoms with E-state index in [-0.39, 0.29) is 0 Å². The summed E-state index contributed by atoms with van der Waals surface area (Å²) in [7, 11) is 0. The second-order valence-electron chi connectivity index (χ2n) is 5.50. The summed E-state index contributed by atoms with van der Waals surface area (Å²) in [6.07, 6.45) is 8.79. The molecule has 0 bridgehead atoms. The largest absolute Gasteiger partial charge is 0.303 e. The van der Waals surface area contributed by atoms with Crippen LogP contribution in [0.25, 0.3) is 0 Å². The van der Waals surface area contributed by atoms with Crippen molar-refractivity contribution in [3.05, 3.63) is 0 Å². The van der Waals surface area contributed by atoms with Gasteiger partial charge in [0.1, 0.15) is 0 Å². The summed E-state index contributed by atoms with van der Waals surface area (Å²) in [5.41, 5.74) is 0.768. The highest BCUT2D eigenvalue weighted by Gasteiger charge is 2.41. The van der Waals surface area contributed by atoms with Crippen LogP contribution in [0.4, 0.5) is 0 Å². The van der Waals surface area contributed by atoms with Gasteiger partial charge < -0.3 is 4.90 Å². The zero-order valence-corrected chi connectivity index (χ0v) is 9.89. The van der Waals surface area contributed by atoms with Crippen molar-refractivity contribution in [2.75, 3.05) is 19.6 Å². The summed E-state index contributed by atoms with van der Waals surface area (Å²) in [6, 6.07) is 0. The Morgan fingerprint density at radius 1 is 1.21 bits per heavy atom. The van der Waals surface area contributed by atoms with Gasteiger partial charge >= 0.3 is 0 Å². The highest BCUT2D eigenvalue weighted by Crippen LogP contribution is 2.50. The van der Waals surface area contributed by atoms with Crippen LogP contribution in [-0.2, 0) is 0 Å². The summed E-state index contributed by atoms with van der Waals surface area (Å²) < 4.78 is 0. The van der Waals surface area contributed by atoms with Crippen molar-refractivity contribution in [1.82, 2.24) is 4.90 Å². The molecule has 1 heterocycles. The van der Waals surface area contributed by atoms with Crippen LogP contribution in [0, 0.1) is 11.3 Å².